The highest BCUT2D eigenvalue weighted by atomic mass is 16.4. The highest BCUT2D eigenvalue weighted by Crippen LogP contribution is 2.13. The van der Waals surface area contributed by atoms with Gasteiger partial charge in [-0.3, -0.25) is 4.79 Å². The molecule has 2 aromatic rings. The Labute approximate surface area is 180 Å². The lowest BCUT2D eigenvalue weighted by atomic mass is 10.0. The van der Waals surface area contributed by atoms with Crippen molar-refractivity contribution in [1.82, 2.24) is 5.32 Å². The second-order valence-corrected chi connectivity index (χ2v) is 7.98. The van der Waals surface area contributed by atoms with Gasteiger partial charge in [0, 0.05) is 12.0 Å². The molecule has 162 valence electrons. The van der Waals surface area contributed by atoms with Crippen molar-refractivity contribution in [2.75, 3.05) is 0 Å². The molecule has 1 atom stereocenters. The molecule has 4 heteroatoms. The van der Waals surface area contributed by atoms with Gasteiger partial charge in [0.15, 0.2) is 0 Å². The molecule has 0 spiro atoms. The number of benzene rings is 2. The van der Waals surface area contributed by atoms with Gasteiger partial charge in [0.2, 0.25) is 0 Å². The Bertz CT molecular complexity index is 756. The van der Waals surface area contributed by atoms with Gasteiger partial charge in [-0.1, -0.05) is 94.3 Å². The first-order valence-electron chi connectivity index (χ1n) is 11.3. The highest BCUT2D eigenvalue weighted by molar-refractivity contribution is 5.96. The van der Waals surface area contributed by atoms with E-state index in [0.29, 0.717) is 5.56 Å². The lowest BCUT2D eigenvalue weighted by molar-refractivity contribution is -0.139. The van der Waals surface area contributed by atoms with Crippen molar-refractivity contribution in [2.45, 2.75) is 77.2 Å². The number of carboxylic acids is 1. The molecule has 0 aromatic heterocycles. The minimum absolute atomic E-state index is 0.262. The standard InChI is InChI=1S/C26H35NO3/c1-2-3-4-5-6-7-8-10-13-21-16-18-23(19-17-21)25(28)27-24(26(29)30)20-22-14-11-9-12-15-22/h9,11-12,14-19,24H,2-8,10,13,20H2,1H3,(H,27,28)(H,29,30). The number of aliphatic carboxylic acids is 1. The van der Waals surface area contributed by atoms with E-state index >= 15 is 0 Å². The predicted molar refractivity (Wildman–Crippen MR) is 122 cm³/mol. The van der Waals surface area contributed by atoms with Crippen molar-refractivity contribution in [1.29, 1.82) is 0 Å². The van der Waals surface area contributed by atoms with E-state index in [9.17, 15) is 14.7 Å². The molecular formula is C26H35NO3. The summed E-state index contributed by atoms with van der Waals surface area (Å²) >= 11 is 0. The number of rotatable bonds is 14. The molecule has 2 N–H and O–H groups in total. The molecular weight excluding hydrogens is 374 g/mol. The molecule has 1 amide bonds. The number of amides is 1. The van der Waals surface area contributed by atoms with Crippen LogP contribution < -0.4 is 5.32 Å². The van der Waals surface area contributed by atoms with Gasteiger partial charge < -0.3 is 10.4 Å². The minimum atomic E-state index is -1.03. The van der Waals surface area contributed by atoms with E-state index in [0.717, 1.165) is 18.4 Å². The summed E-state index contributed by atoms with van der Waals surface area (Å²) in [5.41, 5.74) is 2.59. The number of hydrogen-bond acceptors (Lipinski definition) is 2. The molecule has 30 heavy (non-hydrogen) atoms. The summed E-state index contributed by atoms with van der Waals surface area (Å²) in [5.74, 6) is -1.38. The third kappa shape index (κ3) is 8.81. The average molecular weight is 410 g/mol. The summed E-state index contributed by atoms with van der Waals surface area (Å²) in [6.45, 7) is 2.24. The van der Waals surface area contributed by atoms with Gasteiger partial charge in [0.25, 0.3) is 5.91 Å². The fourth-order valence-electron chi connectivity index (χ4n) is 3.58. The molecule has 0 saturated carbocycles. The number of carbonyl (C=O) groups excluding carboxylic acids is 1. The third-order valence-corrected chi connectivity index (χ3v) is 5.42. The van der Waals surface area contributed by atoms with Crippen LogP contribution in [0.5, 0.6) is 0 Å². The van der Waals surface area contributed by atoms with E-state index < -0.39 is 12.0 Å². The zero-order valence-corrected chi connectivity index (χ0v) is 18.1. The van der Waals surface area contributed by atoms with Crippen LogP contribution in [-0.2, 0) is 17.6 Å². The lowest BCUT2D eigenvalue weighted by Crippen LogP contribution is -2.42. The molecule has 0 aliphatic heterocycles. The number of nitrogens with one attached hydrogen (secondary N) is 1. The normalized spacial score (nSPS) is 11.8. The van der Waals surface area contributed by atoms with Crippen LogP contribution in [0.15, 0.2) is 54.6 Å². The fourth-order valence-corrected chi connectivity index (χ4v) is 3.58. The van der Waals surface area contributed by atoms with Crippen LogP contribution in [0.1, 0.15) is 79.8 Å². The first kappa shape index (κ1) is 23.7. The SMILES string of the molecule is CCCCCCCCCCc1ccc(C(=O)NC(Cc2ccccc2)C(=O)O)cc1. The topological polar surface area (TPSA) is 66.4 Å². The van der Waals surface area contributed by atoms with E-state index in [4.69, 9.17) is 0 Å². The molecule has 0 saturated heterocycles. The first-order valence-corrected chi connectivity index (χ1v) is 11.3. The smallest absolute Gasteiger partial charge is 0.326 e. The third-order valence-electron chi connectivity index (χ3n) is 5.42. The van der Waals surface area contributed by atoms with Crippen LogP contribution in [-0.4, -0.2) is 23.0 Å². The van der Waals surface area contributed by atoms with Crippen LogP contribution in [0, 0.1) is 0 Å². The highest BCUT2D eigenvalue weighted by Gasteiger charge is 2.21. The average Bonchev–Trinajstić information content (AvgIpc) is 2.76. The second-order valence-electron chi connectivity index (χ2n) is 7.98. The van der Waals surface area contributed by atoms with Crippen LogP contribution in [0.25, 0.3) is 0 Å². The van der Waals surface area contributed by atoms with Gasteiger partial charge in [-0.05, 0) is 36.1 Å². The Morgan fingerprint density at radius 3 is 2.00 bits per heavy atom. The first-order chi connectivity index (χ1) is 14.6. The Hall–Kier alpha value is -2.62. The minimum Gasteiger partial charge on any atom is -0.480 e. The maximum atomic E-state index is 12.5. The Morgan fingerprint density at radius 1 is 0.800 bits per heavy atom. The summed E-state index contributed by atoms with van der Waals surface area (Å²) in [6, 6.07) is 15.9. The van der Waals surface area contributed by atoms with Gasteiger partial charge >= 0.3 is 5.97 Å². The van der Waals surface area contributed by atoms with E-state index in [-0.39, 0.29) is 12.3 Å². The van der Waals surface area contributed by atoms with Gasteiger partial charge in [-0.25, -0.2) is 4.79 Å². The number of carbonyl (C=O) groups is 2. The number of unbranched alkanes of at least 4 members (excludes halogenated alkanes) is 7. The van der Waals surface area contributed by atoms with Crippen LogP contribution in [0.4, 0.5) is 0 Å². The van der Waals surface area contributed by atoms with E-state index in [1.165, 1.54) is 50.5 Å². The van der Waals surface area contributed by atoms with E-state index in [1.54, 1.807) is 12.1 Å². The van der Waals surface area contributed by atoms with Crippen LogP contribution in [0.2, 0.25) is 0 Å². The molecule has 2 rings (SSSR count). The zero-order chi connectivity index (χ0) is 21.6. The number of aryl methyl sites for hydroxylation is 1. The number of hydrogen-bond donors (Lipinski definition) is 2. The maximum absolute atomic E-state index is 12.5. The molecule has 0 fully saturated rings. The summed E-state index contributed by atoms with van der Waals surface area (Å²) in [6.07, 6.45) is 11.6. The molecule has 0 aliphatic carbocycles. The van der Waals surface area contributed by atoms with Crippen molar-refractivity contribution in [3.05, 3.63) is 71.3 Å². The fraction of sp³-hybridized carbons (Fsp3) is 0.462. The summed E-state index contributed by atoms with van der Waals surface area (Å²) in [5, 5.41) is 12.1. The summed E-state index contributed by atoms with van der Waals surface area (Å²) in [7, 11) is 0. The molecule has 0 bridgehead atoms. The Morgan fingerprint density at radius 2 is 1.40 bits per heavy atom. The zero-order valence-electron chi connectivity index (χ0n) is 18.1. The van der Waals surface area contributed by atoms with Crippen molar-refractivity contribution in [3.63, 3.8) is 0 Å². The summed E-state index contributed by atoms with van der Waals surface area (Å²) in [4.78, 5) is 24.0. The monoisotopic (exact) mass is 409 g/mol. The lowest BCUT2D eigenvalue weighted by Gasteiger charge is -2.15. The van der Waals surface area contributed by atoms with Gasteiger partial charge in [0.05, 0.1) is 0 Å². The van der Waals surface area contributed by atoms with Crippen LogP contribution >= 0.6 is 0 Å². The molecule has 4 nitrogen and oxygen atoms in total. The van der Waals surface area contributed by atoms with Crippen molar-refractivity contribution in [3.8, 4) is 0 Å². The van der Waals surface area contributed by atoms with Gasteiger partial charge in [-0.2, -0.15) is 0 Å². The molecule has 0 heterocycles. The van der Waals surface area contributed by atoms with Crippen molar-refractivity contribution >= 4 is 11.9 Å². The molecule has 2 aromatic carbocycles. The van der Waals surface area contributed by atoms with E-state index in [2.05, 4.69) is 12.2 Å². The van der Waals surface area contributed by atoms with Crippen LogP contribution in [0.3, 0.4) is 0 Å². The Kier molecular flexibility index (Phi) is 10.7. The molecule has 1 unspecified atom stereocenters. The quantitative estimate of drug-likeness (QED) is 0.388. The Balaban J connectivity index is 1.76. The van der Waals surface area contributed by atoms with Crippen molar-refractivity contribution in [2.24, 2.45) is 0 Å². The van der Waals surface area contributed by atoms with E-state index in [1.807, 2.05) is 42.5 Å². The maximum Gasteiger partial charge on any atom is 0.326 e. The van der Waals surface area contributed by atoms with Gasteiger partial charge in [0.1, 0.15) is 6.04 Å². The summed E-state index contributed by atoms with van der Waals surface area (Å²) < 4.78 is 0. The largest absolute Gasteiger partial charge is 0.480 e. The predicted octanol–water partition coefficient (Wildman–Crippen LogP) is 5.80. The molecule has 0 radical (unpaired) electrons. The van der Waals surface area contributed by atoms with Crippen molar-refractivity contribution < 1.29 is 14.7 Å². The van der Waals surface area contributed by atoms with Gasteiger partial charge in [-0.15, -0.1) is 0 Å². The number of carboxylic acid groups (broad SMARTS) is 1. The second kappa shape index (κ2) is 13.6. The molecule has 0 aliphatic rings.